The SMILES string of the molecule is CCn1c(-c2cnccc2COC)c2c3cc(ccc31)-c1cc(O)cc(c1)C[C@H](NC(=O)[C@H](C(C)C)N(C)S(C)(=O)=O)C(=O)N1CCC[C@@](O)(N1)C(=O)OCC(C)(C)C2. The number of esters is 1. The van der Waals surface area contributed by atoms with Gasteiger partial charge < -0.3 is 29.6 Å². The molecule has 0 aliphatic carbocycles. The van der Waals surface area contributed by atoms with Gasteiger partial charge in [-0.3, -0.25) is 19.6 Å². The minimum absolute atomic E-state index is 0.0439. The summed E-state index contributed by atoms with van der Waals surface area (Å²) in [5.74, 6) is -2.88. The highest BCUT2D eigenvalue weighted by atomic mass is 32.2. The van der Waals surface area contributed by atoms with Crippen LogP contribution >= 0.6 is 0 Å². The number of benzene rings is 2. The summed E-state index contributed by atoms with van der Waals surface area (Å²) >= 11 is 0. The van der Waals surface area contributed by atoms with Crippen LogP contribution in [0.5, 0.6) is 5.75 Å². The van der Waals surface area contributed by atoms with Crippen LogP contribution in [0.15, 0.2) is 54.9 Å². The first-order chi connectivity index (χ1) is 27.8. The van der Waals surface area contributed by atoms with E-state index in [0.717, 1.165) is 54.4 Å². The third-order valence-corrected chi connectivity index (χ3v) is 12.5. The number of aromatic hydroxyl groups is 1. The van der Waals surface area contributed by atoms with Gasteiger partial charge in [0.15, 0.2) is 0 Å². The second kappa shape index (κ2) is 17.0. The predicted molar refractivity (Wildman–Crippen MR) is 223 cm³/mol. The number of phenols is 1. The molecule has 16 heteroatoms. The van der Waals surface area contributed by atoms with Crippen LogP contribution in [0, 0.1) is 11.3 Å². The van der Waals surface area contributed by atoms with Gasteiger partial charge in [-0.25, -0.2) is 13.2 Å². The summed E-state index contributed by atoms with van der Waals surface area (Å²) in [6.07, 6.45) is 5.09. The Kier molecular flexibility index (Phi) is 12.6. The second-order valence-corrected chi connectivity index (χ2v) is 18.9. The highest BCUT2D eigenvalue weighted by molar-refractivity contribution is 7.88. The van der Waals surface area contributed by atoms with Crippen molar-refractivity contribution < 1.29 is 42.5 Å². The van der Waals surface area contributed by atoms with Gasteiger partial charge in [0.25, 0.3) is 5.91 Å². The molecule has 59 heavy (non-hydrogen) atoms. The number of carbonyl (C=O) groups excluding carboxylic acids is 3. The van der Waals surface area contributed by atoms with Crippen molar-refractivity contribution in [3.05, 3.63) is 71.5 Å². The molecule has 4 N–H and O–H groups in total. The first-order valence-electron chi connectivity index (χ1n) is 19.9. The number of methoxy groups -OCH3 is 1. The zero-order valence-electron chi connectivity index (χ0n) is 35.0. The van der Waals surface area contributed by atoms with E-state index >= 15 is 0 Å². The van der Waals surface area contributed by atoms with Crippen molar-refractivity contribution in [1.82, 2.24) is 29.6 Å². The van der Waals surface area contributed by atoms with Crippen molar-refractivity contribution in [2.24, 2.45) is 11.3 Å². The standard InChI is InChI=1S/C43H56N6O9S/c1-9-48-36-12-11-28-21-32(36)33(38(48)34-23-44-15-13-29(34)24-57-7)22-42(4,5)25-58-41(53)43(54)14-10-16-49(46-43)40(52)35(19-27-17-30(28)20-31(50)18-27)45-39(51)37(26(2)3)47(6)59(8,55)56/h11-13,15,17-18,20-21,23,26,35,37,46,50,54H,9-10,14,16,19,22,24-25H2,1-8H3,(H,45,51)/t35-,37-,43-/m0/s1. The van der Waals surface area contributed by atoms with E-state index in [-0.39, 0.29) is 38.2 Å². The molecule has 4 aromatic rings. The molecule has 15 nitrogen and oxygen atoms in total. The van der Waals surface area contributed by atoms with Crippen LogP contribution in [-0.2, 0) is 59.9 Å². The van der Waals surface area contributed by atoms with Crippen LogP contribution in [0.25, 0.3) is 33.3 Å². The lowest BCUT2D eigenvalue weighted by Crippen LogP contribution is -2.67. The topological polar surface area (TPSA) is 193 Å². The van der Waals surface area contributed by atoms with E-state index in [1.165, 1.54) is 13.1 Å². The maximum Gasteiger partial charge on any atom is 0.355 e. The molecule has 318 valence electrons. The van der Waals surface area contributed by atoms with Crippen LogP contribution in [0.2, 0.25) is 0 Å². The fourth-order valence-corrected chi connectivity index (χ4v) is 9.07. The molecule has 0 unspecified atom stereocenters. The van der Waals surface area contributed by atoms with Gasteiger partial charge in [0.05, 0.1) is 25.2 Å². The lowest BCUT2D eigenvalue weighted by Gasteiger charge is -2.40. The van der Waals surface area contributed by atoms with Gasteiger partial charge in [-0.1, -0.05) is 39.8 Å². The molecule has 4 heterocycles. The lowest BCUT2D eigenvalue weighted by atomic mass is 9.84. The third kappa shape index (κ3) is 9.16. The molecule has 0 spiro atoms. The van der Waals surface area contributed by atoms with Crippen molar-refractivity contribution in [2.75, 3.05) is 33.6 Å². The number of pyridine rings is 1. The fourth-order valence-electron chi connectivity index (χ4n) is 8.32. The number of hydrogen-bond acceptors (Lipinski definition) is 11. The third-order valence-electron chi connectivity index (χ3n) is 11.2. The van der Waals surface area contributed by atoms with Gasteiger partial charge >= 0.3 is 5.97 Å². The van der Waals surface area contributed by atoms with E-state index < -0.39 is 56.9 Å². The molecule has 0 saturated carbocycles. The maximum absolute atomic E-state index is 14.4. The summed E-state index contributed by atoms with van der Waals surface area (Å²) < 4.78 is 39.9. The number of rotatable bonds is 9. The van der Waals surface area contributed by atoms with Gasteiger partial charge in [0.1, 0.15) is 17.8 Å². The average molecular weight is 833 g/mol. The zero-order chi connectivity index (χ0) is 43.0. The second-order valence-electron chi connectivity index (χ2n) is 16.9. The number of aryl methyl sites for hydroxylation is 1. The molecule has 2 aromatic carbocycles. The van der Waals surface area contributed by atoms with Gasteiger partial charge in [-0.2, -0.15) is 9.73 Å². The van der Waals surface area contributed by atoms with Crippen LogP contribution in [0.3, 0.4) is 0 Å². The first kappa shape index (κ1) is 43.7. The number of nitrogens with zero attached hydrogens (tertiary/aromatic N) is 4. The van der Waals surface area contributed by atoms with Gasteiger partial charge in [-0.15, -0.1) is 0 Å². The maximum atomic E-state index is 14.4. The number of cyclic esters (lactones) is 1. The number of aromatic nitrogens is 2. The van der Waals surface area contributed by atoms with Crippen molar-refractivity contribution >= 4 is 38.7 Å². The van der Waals surface area contributed by atoms with Crippen molar-refractivity contribution in [3.63, 3.8) is 0 Å². The van der Waals surface area contributed by atoms with E-state index in [4.69, 9.17) is 9.47 Å². The Morgan fingerprint density at radius 1 is 1.15 bits per heavy atom. The number of hydrogen-bond donors (Lipinski definition) is 4. The molecule has 2 amide bonds. The normalized spacial score (nSPS) is 20.7. The lowest BCUT2D eigenvalue weighted by molar-refractivity contribution is -0.189. The van der Waals surface area contributed by atoms with E-state index in [0.29, 0.717) is 30.7 Å². The minimum atomic E-state index is -3.81. The number of carbonyl (C=O) groups is 3. The number of likely N-dealkylation sites (N-methyl/N-ethyl adjacent to an activating group) is 1. The number of aliphatic hydroxyl groups is 1. The summed E-state index contributed by atoms with van der Waals surface area (Å²) in [5.41, 5.74) is 6.47. The summed E-state index contributed by atoms with van der Waals surface area (Å²) in [7, 11) is -0.856. The van der Waals surface area contributed by atoms with Crippen LogP contribution < -0.4 is 10.7 Å². The minimum Gasteiger partial charge on any atom is -0.508 e. The number of ether oxygens (including phenoxy) is 2. The van der Waals surface area contributed by atoms with Crippen molar-refractivity contribution in [3.8, 4) is 28.1 Å². The molecule has 2 aromatic heterocycles. The Bertz CT molecular complexity index is 2360. The predicted octanol–water partition coefficient (Wildman–Crippen LogP) is 4.13. The monoisotopic (exact) mass is 832 g/mol. The van der Waals surface area contributed by atoms with Crippen molar-refractivity contribution in [1.29, 1.82) is 0 Å². The molecule has 1 fully saturated rings. The number of fused-ring (bicyclic) bond motifs is 6. The summed E-state index contributed by atoms with van der Waals surface area (Å²) in [6.45, 7) is 10.5. The van der Waals surface area contributed by atoms with Crippen LogP contribution in [0.1, 0.15) is 64.2 Å². The molecular formula is C43H56N6O9S. The Morgan fingerprint density at radius 2 is 1.90 bits per heavy atom. The largest absolute Gasteiger partial charge is 0.508 e. The Hall–Kier alpha value is -4.87. The fraction of sp³-hybridized carbons (Fsp3) is 0.488. The quantitative estimate of drug-likeness (QED) is 0.177. The number of amides is 2. The number of sulfonamides is 1. The molecule has 2 aliphatic heterocycles. The molecule has 6 bridgehead atoms. The van der Waals surface area contributed by atoms with E-state index in [2.05, 4.69) is 33.3 Å². The molecule has 1 saturated heterocycles. The molecule has 6 rings (SSSR count). The molecule has 3 atom stereocenters. The number of nitrogens with one attached hydrogen (secondary N) is 2. The Morgan fingerprint density at radius 3 is 2.58 bits per heavy atom. The molecule has 2 aliphatic rings. The smallest absolute Gasteiger partial charge is 0.355 e. The Labute approximate surface area is 345 Å². The number of phenolic OH excluding ortho intramolecular Hbond substituents is 1. The van der Waals surface area contributed by atoms with E-state index in [1.54, 1.807) is 33.2 Å². The molecular weight excluding hydrogens is 777 g/mol. The summed E-state index contributed by atoms with van der Waals surface area (Å²) in [6, 6.07) is 10.5. The van der Waals surface area contributed by atoms with E-state index in [1.807, 2.05) is 44.3 Å². The molecule has 0 radical (unpaired) electrons. The van der Waals surface area contributed by atoms with E-state index in [9.17, 15) is 33.0 Å². The summed E-state index contributed by atoms with van der Waals surface area (Å²) in [5, 5.41) is 27.7. The van der Waals surface area contributed by atoms with Gasteiger partial charge in [-0.05, 0) is 83.8 Å². The highest BCUT2D eigenvalue weighted by Gasteiger charge is 2.45. The first-order valence-corrected chi connectivity index (χ1v) is 21.7. The van der Waals surface area contributed by atoms with Crippen LogP contribution in [0.4, 0.5) is 0 Å². The Balaban J connectivity index is 1.54. The van der Waals surface area contributed by atoms with Gasteiger partial charge in [0.2, 0.25) is 21.7 Å². The average Bonchev–Trinajstić information content (AvgIpc) is 3.47. The van der Waals surface area contributed by atoms with Crippen LogP contribution in [-0.4, -0.2) is 107 Å². The number of hydrazine groups is 1. The van der Waals surface area contributed by atoms with Crippen molar-refractivity contribution in [2.45, 2.75) is 91.3 Å². The van der Waals surface area contributed by atoms with Gasteiger partial charge in [0, 0.05) is 74.4 Å². The zero-order valence-corrected chi connectivity index (χ0v) is 35.9. The summed E-state index contributed by atoms with van der Waals surface area (Å²) in [4.78, 5) is 46.7. The highest BCUT2D eigenvalue weighted by Crippen LogP contribution is 2.41.